The molecule has 0 amide bonds. The van der Waals surface area contributed by atoms with Gasteiger partial charge < -0.3 is 9.84 Å². The molecule has 0 heterocycles. The summed E-state index contributed by atoms with van der Waals surface area (Å²) < 4.78 is 5.65. The summed E-state index contributed by atoms with van der Waals surface area (Å²) >= 11 is 0. The third-order valence-corrected chi connectivity index (χ3v) is 2.78. The highest BCUT2D eigenvalue weighted by atomic mass is 16.5. The minimum Gasteiger partial charge on any atom is -0.457 e. The van der Waals surface area contributed by atoms with Gasteiger partial charge >= 0.3 is 0 Å². The topological polar surface area (TPSA) is 53.2 Å². The first-order chi connectivity index (χ1) is 8.99. The lowest BCUT2D eigenvalue weighted by Crippen LogP contribution is -2.14. The molecule has 0 saturated heterocycles. The lowest BCUT2D eigenvalue weighted by molar-refractivity contribution is 0.0786. The highest BCUT2D eigenvalue weighted by Gasteiger charge is 2.15. The van der Waals surface area contributed by atoms with Crippen LogP contribution >= 0.6 is 0 Å². The molecule has 1 N–H and O–H groups in total. The summed E-state index contributed by atoms with van der Waals surface area (Å²) in [7, 11) is 0. The van der Waals surface area contributed by atoms with Crippen LogP contribution in [-0.2, 0) is 5.60 Å². The van der Waals surface area contributed by atoms with Crippen molar-refractivity contribution < 1.29 is 9.84 Å². The van der Waals surface area contributed by atoms with Crippen LogP contribution in [0.15, 0.2) is 48.5 Å². The first-order valence-corrected chi connectivity index (χ1v) is 6.00. The quantitative estimate of drug-likeness (QED) is 0.909. The normalized spacial score (nSPS) is 10.8. The van der Waals surface area contributed by atoms with Crippen molar-refractivity contribution in [2.75, 3.05) is 0 Å². The Kier molecular flexibility index (Phi) is 3.55. The fourth-order valence-corrected chi connectivity index (χ4v) is 1.66. The molecular formula is C16H15NO2. The SMILES string of the molecule is CC(C)(O)c1ccc(Oc2ccc(C#N)cc2)cc1. The van der Waals surface area contributed by atoms with Crippen LogP contribution in [0.3, 0.4) is 0 Å². The highest BCUT2D eigenvalue weighted by Crippen LogP contribution is 2.25. The van der Waals surface area contributed by atoms with E-state index in [1.54, 1.807) is 38.1 Å². The van der Waals surface area contributed by atoms with Crippen LogP contribution in [0.1, 0.15) is 25.0 Å². The maximum Gasteiger partial charge on any atom is 0.127 e. The number of aliphatic hydroxyl groups is 1. The summed E-state index contributed by atoms with van der Waals surface area (Å²) in [6.45, 7) is 3.48. The van der Waals surface area contributed by atoms with E-state index in [1.807, 2.05) is 24.3 Å². The highest BCUT2D eigenvalue weighted by molar-refractivity contribution is 5.38. The fourth-order valence-electron chi connectivity index (χ4n) is 1.66. The van der Waals surface area contributed by atoms with E-state index in [9.17, 15) is 5.11 Å². The number of hydrogen-bond acceptors (Lipinski definition) is 3. The average Bonchev–Trinajstić information content (AvgIpc) is 2.39. The van der Waals surface area contributed by atoms with E-state index in [2.05, 4.69) is 6.07 Å². The Labute approximate surface area is 112 Å². The fraction of sp³-hybridized carbons (Fsp3) is 0.188. The summed E-state index contributed by atoms with van der Waals surface area (Å²) in [5.74, 6) is 1.37. The van der Waals surface area contributed by atoms with E-state index in [1.165, 1.54) is 0 Å². The Morgan fingerprint density at radius 3 is 1.84 bits per heavy atom. The maximum absolute atomic E-state index is 9.86. The number of ether oxygens (including phenoxy) is 1. The van der Waals surface area contributed by atoms with Gasteiger partial charge in [-0.3, -0.25) is 0 Å². The standard InChI is InChI=1S/C16H15NO2/c1-16(2,18)13-5-9-15(10-6-13)19-14-7-3-12(11-17)4-8-14/h3-10,18H,1-2H3. The van der Waals surface area contributed by atoms with Gasteiger partial charge in [-0.1, -0.05) is 12.1 Å². The molecule has 0 aliphatic rings. The second kappa shape index (κ2) is 5.13. The summed E-state index contributed by atoms with van der Waals surface area (Å²) in [5.41, 5.74) is 0.580. The van der Waals surface area contributed by atoms with Gasteiger partial charge in [-0.05, 0) is 55.8 Å². The number of benzene rings is 2. The molecule has 0 aromatic heterocycles. The summed E-state index contributed by atoms with van der Waals surface area (Å²) in [5, 5.41) is 18.6. The second-order valence-corrected chi connectivity index (χ2v) is 4.82. The van der Waals surface area contributed by atoms with Crippen molar-refractivity contribution in [1.29, 1.82) is 5.26 Å². The first kappa shape index (κ1) is 13.1. The zero-order valence-corrected chi connectivity index (χ0v) is 10.9. The number of nitriles is 1. The van der Waals surface area contributed by atoms with E-state index >= 15 is 0 Å². The van der Waals surface area contributed by atoms with E-state index in [-0.39, 0.29) is 0 Å². The van der Waals surface area contributed by atoms with Crippen molar-refractivity contribution >= 4 is 0 Å². The molecule has 0 aliphatic heterocycles. The van der Waals surface area contributed by atoms with Crippen LogP contribution in [0.25, 0.3) is 0 Å². The summed E-state index contributed by atoms with van der Waals surface area (Å²) in [6.07, 6.45) is 0. The van der Waals surface area contributed by atoms with Crippen LogP contribution in [0, 0.1) is 11.3 Å². The van der Waals surface area contributed by atoms with Crippen LogP contribution in [0.2, 0.25) is 0 Å². The summed E-state index contributed by atoms with van der Waals surface area (Å²) in [4.78, 5) is 0. The molecule has 0 radical (unpaired) electrons. The van der Waals surface area contributed by atoms with Crippen molar-refractivity contribution in [2.24, 2.45) is 0 Å². The monoisotopic (exact) mass is 253 g/mol. The molecule has 0 bridgehead atoms. The van der Waals surface area contributed by atoms with Crippen molar-refractivity contribution in [3.63, 3.8) is 0 Å². The van der Waals surface area contributed by atoms with Crippen molar-refractivity contribution in [3.05, 3.63) is 59.7 Å². The summed E-state index contributed by atoms with van der Waals surface area (Å²) in [6, 6.07) is 16.3. The third kappa shape index (κ3) is 3.34. The molecule has 0 atom stereocenters. The van der Waals surface area contributed by atoms with Crippen molar-refractivity contribution in [2.45, 2.75) is 19.4 Å². The molecule has 2 aromatic rings. The minimum absolute atomic E-state index is 0.602. The van der Waals surface area contributed by atoms with E-state index < -0.39 is 5.60 Å². The molecule has 0 saturated carbocycles. The van der Waals surface area contributed by atoms with Crippen molar-refractivity contribution in [3.8, 4) is 17.6 Å². The average molecular weight is 253 g/mol. The smallest absolute Gasteiger partial charge is 0.127 e. The Morgan fingerprint density at radius 2 is 1.42 bits per heavy atom. The molecule has 0 spiro atoms. The lowest BCUT2D eigenvalue weighted by atomic mass is 9.99. The predicted molar refractivity (Wildman–Crippen MR) is 72.9 cm³/mol. The number of nitrogens with zero attached hydrogens (tertiary/aromatic N) is 1. The minimum atomic E-state index is -0.854. The molecular weight excluding hydrogens is 238 g/mol. The Morgan fingerprint density at radius 1 is 0.947 bits per heavy atom. The lowest BCUT2D eigenvalue weighted by Gasteiger charge is -2.17. The van der Waals surface area contributed by atoms with E-state index in [0.29, 0.717) is 17.1 Å². The molecule has 3 nitrogen and oxygen atoms in total. The van der Waals surface area contributed by atoms with Gasteiger partial charge in [0.25, 0.3) is 0 Å². The molecule has 0 fully saturated rings. The Hall–Kier alpha value is -2.31. The second-order valence-electron chi connectivity index (χ2n) is 4.82. The van der Waals surface area contributed by atoms with Gasteiger partial charge in [-0.25, -0.2) is 0 Å². The molecule has 2 rings (SSSR count). The predicted octanol–water partition coefficient (Wildman–Crippen LogP) is 3.58. The maximum atomic E-state index is 9.86. The number of rotatable bonds is 3. The zero-order chi connectivity index (χ0) is 13.9. The molecule has 0 unspecified atom stereocenters. The van der Waals surface area contributed by atoms with Gasteiger partial charge in [-0.15, -0.1) is 0 Å². The van der Waals surface area contributed by atoms with Gasteiger partial charge in [0.15, 0.2) is 0 Å². The molecule has 96 valence electrons. The van der Waals surface area contributed by atoms with Crippen molar-refractivity contribution in [1.82, 2.24) is 0 Å². The zero-order valence-electron chi connectivity index (χ0n) is 10.9. The number of hydrogen-bond donors (Lipinski definition) is 1. The van der Waals surface area contributed by atoms with Crippen LogP contribution in [0.4, 0.5) is 0 Å². The first-order valence-electron chi connectivity index (χ1n) is 6.00. The van der Waals surface area contributed by atoms with Gasteiger partial charge in [0, 0.05) is 0 Å². The third-order valence-electron chi connectivity index (χ3n) is 2.78. The largest absolute Gasteiger partial charge is 0.457 e. The van der Waals surface area contributed by atoms with Crippen LogP contribution in [-0.4, -0.2) is 5.11 Å². The van der Waals surface area contributed by atoms with E-state index in [4.69, 9.17) is 10.00 Å². The van der Waals surface area contributed by atoms with Gasteiger partial charge in [-0.2, -0.15) is 5.26 Å². The van der Waals surface area contributed by atoms with Gasteiger partial charge in [0.1, 0.15) is 11.5 Å². The molecule has 2 aromatic carbocycles. The van der Waals surface area contributed by atoms with Gasteiger partial charge in [0.05, 0.1) is 17.2 Å². The Balaban J connectivity index is 2.13. The van der Waals surface area contributed by atoms with E-state index in [0.717, 1.165) is 5.56 Å². The van der Waals surface area contributed by atoms with Crippen LogP contribution < -0.4 is 4.74 Å². The molecule has 3 heteroatoms. The van der Waals surface area contributed by atoms with Crippen LogP contribution in [0.5, 0.6) is 11.5 Å². The van der Waals surface area contributed by atoms with Gasteiger partial charge in [0.2, 0.25) is 0 Å². The Bertz CT molecular complexity index is 587. The molecule has 0 aliphatic carbocycles. The molecule has 19 heavy (non-hydrogen) atoms.